The van der Waals surface area contributed by atoms with Crippen molar-refractivity contribution in [2.24, 2.45) is 10.9 Å². The summed E-state index contributed by atoms with van der Waals surface area (Å²) in [6, 6.07) is 5.33. The molecule has 0 amide bonds. The highest BCUT2D eigenvalue weighted by atomic mass is 16.5. The number of ether oxygens (including phenoxy) is 2. The van der Waals surface area contributed by atoms with Gasteiger partial charge >= 0.3 is 0 Å². The van der Waals surface area contributed by atoms with Gasteiger partial charge in [0.05, 0.1) is 13.2 Å². The Hall–Kier alpha value is -1.91. The van der Waals surface area contributed by atoms with Crippen LogP contribution in [0.3, 0.4) is 0 Å². The van der Waals surface area contributed by atoms with Gasteiger partial charge in [0.15, 0.2) is 5.84 Å². The fraction of sp³-hybridized carbons (Fsp3) is 0.533. The Labute approximate surface area is 119 Å². The fourth-order valence-electron chi connectivity index (χ4n) is 2.52. The molecule has 0 saturated heterocycles. The lowest BCUT2D eigenvalue weighted by Crippen LogP contribution is -2.17. The smallest absolute Gasteiger partial charge is 0.170 e. The minimum atomic E-state index is 0.0506. The van der Waals surface area contributed by atoms with E-state index in [0.29, 0.717) is 17.1 Å². The number of benzene rings is 1. The van der Waals surface area contributed by atoms with Crippen LogP contribution in [-0.4, -0.2) is 24.3 Å². The van der Waals surface area contributed by atoms with E-state index in [1.165, 1.54) is 25.7 Å². The average molecular weight is 278 g/mol. The zero-order chi connectivity index (χ0) is 14.4. The van der Waals surface area contributed by atoms with Gasteiger partial charge in [0.1, 0.15) is 11.5 Å². The number of nitrogens with zero attached hydrogens (tertiary/aromatic N) is 1. The Morgan fingerprint density at radius 3 is 2.40 bits per heavy atom. The first-order chi connectivity index (χ1) is 9.72. The van der Waals surface area contributed by atoms with Gasteiger partial charge in [0, 0.05) is 11.6 Å². The largest absolute Gasteiger partial charge is 0.497 e. The molecule has 1 aliphatic rings. The van der Waals surface area contributed by atoms with Crippen LogP contribution in [0.4, 0.5) is 0 Å². The normalized spacial score (nSPS) is 17.6. The molecule has 1 saturated carbocycles. The van der Waals surface area contributed by atoms with E-state index < -0.39 is 0 Å². The second kappa shape index (κ2) is 7.03. The number of hydrogen-bond donors (Lipinski definition) is 2. The number of methoxy groups -OCH3 is 1. The topological polar surface area (TPSA) is 77.1 Å². The predicted molar refractivity (Wildman–Crippen MR) is 77.6 cm³/mol. The number of rotatable bonds is 4. The van der Waals surface area contributed by atoms with Crippen molar-refractivity contribution in [1.82, 2.24) is 0 Å². The van der Waals surface area contributed by atoms with E-state index in [1.54, 1.807) is 19.2 Å². The summed E-state index contributed by atoms with van der Waals surface area (Å²) in [5.41, 5.74) is 6.23. The van der Waals surface area contributed by atoms with Crippen LogP contribution in [-0.2, 0) is 0 Å². The molecule has 2 rings (SSSR count). The first-order valence-electron chi connectivity index (χ1n) is 7.06. The Kier molecular flexibility index (Phi) is 5.09. The van der Waals surface area contributed by atoms with Crippen LogP contribution in [0.2, 0.25) is 0 Å². The Morgan fingerprint density at radius 2 is 1.80 bits per heavy atom. The molecule has 110 valence electrons. The summed E-state index contributed by atoms with van der Waals surface area (Å²) in [6.45, 7) is 0. The van der Waals surface area contributed by atoms with Gasteiger partial charge in [-0.05, 0) is 37.8 Å². The third-order valence-corrected chi connectivity index (χ3v) is 3.62. The standard InChI is InChI=1S/C15H22N2O3/c1-19-13-8-11(15(16)17-18)9-14(10-13)20-12-6-4-2-3-5-7-12/h8-10,12,18H,2-7H2,1H3,(H2,16,17). The summed E-state index contributed by atoms with van der Waals surface area (Å²) in [7, 11) is 1.58. The van der Waals surface area contributed by atoms with Gasteiger partial charge in [0.25, 0.3) is 0 Å². The van der Waals surface area contributed by atoms with Crippen LogP contribution in [0.15, 0.2) is 23.4 Å². The first-order valence-corrected chi connectivity index (χ1v) is 7.06. The highest BCUT2D eigenvalue weighted by molar-refractivity contribution is 5.97. The van der Waals surface area contributed by atoms with Crippen molar-refractivity contribution in [3.05, 3.63) is 23.8 Å². The van der Waals surface area contributed by atoms with Gasteiger partial charge in [-0.3, -0.25) is 0 Å². The Balaban J connectivity index is 2.17. The third kappa shape index (κ3) is 3.79. The number of amidine groups is 1. The molecule has 1 aromatic rings. The molecule has 0 atom stereocenters. The monoisotopic (exact) mass is 278 g/mol. The van der Waals surface area contributed by atoms with Gasteiger partial charge in [0.2, 0.25) is 0 Å². The van der Waals surface area contributed by atoms with Crippen LogP contribution < -0.4 is 15.2 Å². The number of oxime groups is 1. The van der Waals surface area contributed by atoms with Crippen LogP contribution >= 0.6 is 0 Å². The van der Waals surface area contributed by atoms with Gasteiger partial charge in [-0.25, -0.2) is 0 Å². The van der Waals surface area contributed by atoms with Crippen molar-refractivity contribution in [3.63, 3.8) is 0 Å². The van der Waals surface area contributed by atoms with E-state index in [9.17, 15) is 0 Å². The van der Waals surface area contributed by atoms with Crippen molar-refractivity contribution in [1.29, 1.82) is 0 Å². The second-order valence-corrected chi connectivity index (χ2v) is 5.11. The highest BCUT2D eigenvalue weighted by Gasteiger charge is 2.15. The van der Waals surface area contributed by atoms with Gasteiger partial charge < -0.3 is 20.4 Å². The van der Waals surface area contributed by atoms with Gasteiger partial charge in [-0.2, -0.15) is 0 Å². The molecule has 20 heavy (non-hydrogen) atoms. The molecule has 5 nitrogen and oxygen atoms in total. The highest BCUT2D eigenvalue weighted by Crippen LogP contribution is 2.27. The Morgan fingerprint density at radius 1 is 1.15 bits per heavy atom. The zero-order valence-corrected chi connectivity index (χ0v) is 11.8. The summed E-state index contributed by atoms with van der Waals surface area (Å²) in [4.78, 5) is 0. The van der Waals surface area contributed by atoms with Crippen LogP contribution in [0, 0.1) is 0 Å². The van der Waals surface area contributed by atoms with Crippen LogP contribution in [0.25, 0.3) is 0 Å². The minimum absolute atomic E-state index is 0.0506. The summed E-state index contributed by atoms with van der Waals surface area (Å²) in [5.74, 6) is 1.39. The van der Waals surface area contributed by atoms with Crippen molar-refractivity contribution >= 4 is 5.84 Å². The quantitative estimate of drug-likeness (QED) is 0.292. The summed E-state index contributed by atoms with van der Waals surface area (Å²) in [6.07, 6.45) is 7.39. The van der Waals surface area contributed by atoms with E-state index >= 15 is 0 Å². The molecule has 0 heterocycles. The lowest BCUT2D eigenvalue weighted by molar-refractivity contribution is 0.183. The molecule has 0 aromatic heterocycles. The van der Waals surface area contributed by atoms with Crippen molar-refractivity contribution < 1.29 is 14.7 Å². The van der Waals surface area contributed by atoms with E-state index in [1.807, 2.05) is 6.07 Å². The molecule has 0 aliphatic heterocycles. The molecule has 0 radical (unpaired) electrons. The number of nitrogens with two attached hydrogens (primary N) is 1. The van der Waals surface area contributed by atoms with Crippen molar-refractivity contribution in [3.8, 4) is 11.5 Å². The van der Waals surface area contributed by atoms with E-state index in [4.69, 9.17) is 20.4 Å². The van der Waals surface area contributed by atoms with E-state index in [0.717, 1.165) is 12.8 Å². The molecule has 1 aliphatic carbocycles. The molecule has 3 N–H and O–H groups in total. The molecule has 1 fully saturated rings. The zero-order valence-electron chi connectivity index (χ0n) is 11.8. The lowest BCUT2D eigenvalue weighted by atomic mass is 10.1. The average Bonchev–Trinajstić information content (AvgIpc) is 2.74. The van der Waals surface area contributed by atoms with Crippen LogP contribution in [0.1, 0.15) is 44.1 Å². The SMILES string of the molecule is COc1cc(OC2CCCCCC2)cc(/C(N)=N/O)c1. The minimum Gasteiger partial charge on any atom is -0.497 e. The molecule has 5 heteroatoms. The summed E-state index contributed by atoms with van der Waals surface area (Å²) >= 11 is 0. The maximum absolute atomic E-state index is 8.78. The second-order valence-electron chi connectivity index (χ2n) is 5.11. The third-order valence-electron chi connectivity index (χ3n) is 3.62. The molecular weight excluding hydrogens is 256 g/mol. The fourth-order valence-corrected chi connectivity index (χ4v) is 2.52. The molecule has 0 bridgehead atoms. The lowest BCUT2D eigenvalue weighted by Gasteiger charge is -2.18. The first kappa shape index (κ1) is 14.5. The number of hydrogen-bond acceptors (Lipinski definition) is 4. The van der Waals surface area contributed by atoms with Crippen molar-refractivity contribution in [2.45, 2.75) is 44.6 Å². The van der Waals surface area contributed by atoms with Crippen LogP contribution in [0.5, 0.6) is 11.5 Å². The molecule has 1 aromatic carbocycles. The van der Waals surface area contributed by atoms with E-state index in [-0.39, 0.29) is 11.9 Å². The van der Waals surface area contributed by atoms with E-state index in [2.05, 4.69) is 5.16 Å². The molecule has 0 unspecified atom stereocenters. The molecule has 0 spiro atoms. The van der Waals surface area contributed by atoms with Crippen molar-refractivity contribution in [2.75, 3.05) is 7.11 Å². The summed E-state index contributed by atoms with van der Waals surface area (Å²) in [5, 5.41) is 11.8. The van der Waals surface area contributed by atoms with Gasteiger partial charge in [-0.15, -0.1) is 0 Å². The Bertz CT molecular complexity index is 466. The maximum Gasteiger partial charge on any atom is 0.170 e. The maximum atomic E-state index is 8.78. The molecular formula is C15H22N2O3. The summed E-state index contributed by atoms with van der Waals surface area (Å²) < 4.78 is 11.3. The predicted octanol–water partition coefficient (Wildman–Crippen LogP) is 2.89. The van der Waals surface area contributed by atoms with Gasteiger partial charge in [-0.1, -0.05) is 18.0 Å².